The average Bonchev–Trinajstić information content (AvgIpc) is 3.12. The number of halogens is 1. The number of benzene rings is 2. The van der Waals surface area contributed by atoms with Gasteiger partial charge in [-0.2, -0.15) is 0 Å². The van der Waals surface area contributed by atoms with Crippen molar-refractivity contribution in [3.8, 4) is 5.75 Å². The number of hydrogen-bond donors (Lipinski definition) is 1. The first-order chi connectivity index (χ1) is 15.0. The predicted octanol–water partition coefficient (Wildman–Crippen LogP) is 5.28. The molecule has 0 fully saturated rings. The summed E-state index contributed by atoms with van der Waals surface area (Å²) in [5.41, 5.74) is 3.87. The number of para-hydroxylation sites is 1. The molecular weight excluding hydrogens is 432 g/mol. The maximum Gasteiger partial charge on any atom is 0.191 e. The maximum absolute atomic E-state index is 12.6. The van der Waals surface area contributed by atoms with Crippen LogP contribution in [0.15, 0.2) is 52.4 Å². The Morgan fingerprint density at radius 1 is 1.16 bits per heavy atom. The molecule has 0 aliphatic carbocycles. The van der Waals surface area contributed by atoms with Gasteiger partial charge in [-0.3, -0.25) is 4.79 Å². The van der Waals surface area contributed by atoms with Gasteiger partial charge in [0, 0.05) is 29.4 Å². The van der Waals surface area contributed by atoms with Crippen LogP contribution < -0.4 is 10.2 Å². The quantitative estimate of drug-likeness (QED) is 0.384. The third-order valence-electron chi connectivity index (χ3n) is 4.99. The van der Waals surface area contributed by atoms with Gasteiger partial charge in [-0.1, -0.05) is 41.6 Å². The third-order valence-corrected chi connectivity index (χ3v) is 6.31. The number of nitrogens with zero attached hydrogens (tertiary/aromatic N) is 3. The minimum Gasteiger partial charge on any atom is -0.484 e. The molecule has 0 aliphatic heterocycles. The number of H-pyrrole nitrogens is 1. The minimum absolute atomic E-state index is 0.0348. The SMILES string of the molecule is CCn1c(COc2ccccc2Cl)nnc1SCc1cc(=O)c2c(C)cc(C)cc2[nH]1. The second-order valence-electron chi connectivity index (χ2n) is 7.31. The monoisotopic (exact) mass is 454 g/mol. The number of rotatable bonds is 7. The van der Waals surface area contributed by atoms with Crippen LogP contribution in [0, 0.1) is 13.8 Å². The van der Waals surface area contributed by atoms with E-state index in [0.29, 0.717) is 23.1 Å². The Morgan fingerprint density at radius 2 is 1.97 bits per heavy atom. The van der Waals surface area contributed by atoms with Crippen LogP contribution in [0.5, 0.6) is 5.75 Å². The molecule has 0 unspecified atom stereocenters. The summed E-state index contributed by atoms with van der Waals surface area (Å²) < 4.78 is 7.82. The zero-order valence-electron chi connectivity index (χ0n) is 17.6. The Morgan fingerprint density at radius 3 is 2.74 bits per heavy atom. The molecule has 0 atom stereocenters. The molecule has 2 heterocycles. The summed E-state index contributed by atoms with van der Waals surface area (Å²) in [4.78, 5) is 16.0. The van der Waals surface area contributed by atoms with Crippen LogP contribution in [-0.4, -0.2) is 19.7 Å². The summed E-state index contributed by atoms with van der Waals surface area (Å²) in [5.74, 6) is 1.92. The van der Waals surface area contributed by atoms with Crippen molar-refractivity contribution in [1.82, 2.24) is 19.7 Å². The van der Waals surface area contributed by atoms with Gasteiger partial charge in [0.05, 0.1) is 10.5 Å². The highest BCUT2D eigenvalue weighted by Gasteiger charge is 2.14. The Labute approximate surface area is 189 Å². The summed E-state index contributed by atoms with van der Waals surface area (Å²) in [5, 5.41) is 10.7. The van der Waals surface area contributed by atoms with Crippen molar-refractivity contribution in [2.75, 3.05) is 0 Å². The highest BCUT2D eigenvalue weighted by atomic mass is 35.5. The summed E-state index contributed by atoms with van der Waals surface area (Å²) in [7, 11) is 0. The fourth-order valence-corrected chi connectivity index (χ4v) is 4.73. The Hall–Kier alpha value is -2.77. The number of fused-ring (bicyclic) bond motifs is 1. The van der Waals surface area contributed by atoms with E-state index < -0.39 is 0 Å². The Bertz CT molecular complexity index is 1300. The van der Waals surface area contributed by atoms with E-state index in [9.17, 15) is 4.79 Å². The van der Waals surface area contributed by atoms with Crippen molar-refractivity contribution >= 4 is 34.3 Å². The fraction of sp³-hybridized carbons (Fsp3) is 0.261. The van der Waals surface area contributed by atoms with Gasteiger partial charge < -0.3 is 14.3 Å². The van der Waals surface area contributed by atoms with Crippen LogP contribution in [0.25, 0.3) is 10.9 Å². The van der Waals surface area contributed by atoms with Crippen LogP contribution in [0.3, 0.4) is 0 Å². The van der Waals surface area contributed by atoms with E-state index in [0.717, 1.165) is 38.7 Å². The Balaban J connectivity index is 1.51. The first-order valence-corrected chi connectivity index (χ1v) is 11.4. The van der Waals surface area contributed by atoms with E-state index in [1.165, 1.54) is 11.8 Å². The molecule has 4 aromatic rings. The number of aromatic nitrogens is 4. The molecule has 0 saturated carbocycles. The van der Waals surface area contributed by atoms with Crippen molar-refractivity contribution in [2.24, 2.45) is 0 Å². The summed E-state index contributed by atoms with van der Waals surface area (Å²) in [6, 6.07) is 13.1. The zero-order chi connectivity index (χ0) is 22.0. The highest BCUT2D eigenvalue weighted by molar-refractivity contribution is 7.98. The molecule has 0 amide bonds. The lowest BCUT2D eigenvalue weighted by molar-refractivity contribution is 0.288. The highest BCUT2D eigenvalue weighted by Crippen LogP contribution is 2.26. The zero-order valence-corrected chi connectivity index (χ0v) is 19.2. The van der Waals surface area contributed by atoms with Crippen molar-refractivity contribution in [3.63, 3.8) is 0 Å². The number of aromatic amines is 1. The van der Waals surface area contributed by atoms with Gasteiger partial charge in [-0.15, -0.1) is 10.2 Å². The molecular formula is C23H23ClN4O2S. The predicted molar refractivity (Wildman–Crippen MR) is 125 cm³/mol. The third kappa shape index (κ3) is 4.62. The summed E-state index contributed by atoms with van der Waals surface area (Å²) in [6.45, 7) is 7.02. The van der Waals surface area contributed by atoms with Crippen LogP contribution in [-0.2, 0) is 18.9 Å². The lowest BCUT2D eigenvalue weighted by Gasteiger charge is -2.10. The molecule has 31 heavy (non-hydrogen) atoms. The molecule has 6 nitrogen and oxygen atoms in total. The number of hydrogen-bond acceptors (Lipinski definition) is 5. The molecule has 8 heteroatoms. The fourth-order valence-electron chi connectivity index (χ4n) is 3.61. The van der Waals surface area contributed by atoms with Crippen LogP contribution >= 0.6 is 23.4 Å². The molecule has 1 N–H and O–H groups in total. The second kappa shape index (κ2) is 9.16. The van der Waals surface area contributed by atoms with Gasteiger partial charge in [0.25, 0.3) is 0 Å². The van der Waals surface area contributed by atoms with Gasteiger partial charge in [0.15, 0.2) is 16.4 Å². The van der Waals surface area contributed by atoms with Crippen molar-refractivity contribution < 1.29 is 4.74 Å². The van der Waals surface area contributed by atoms with Crippen LogP contribution in [0.4, 0.5) is 0 Å². The molecule has 2 aromatic carbocycles. The van der Waals surface area contributed by atoms with Gasteiger partial charge in [0.2, 0.25) is 0 Å². The van der Waals surface area contributed by atoms with Crippen LogP contribution in [0.2, 0.25) is 5.02 Å². The van der Waals surface area contributed by atoms with Gasteiger partial charge >= 0.3 is 0 Å². The largest absolute Gasteiger partial charge is 0.484 e. The van der Waals surface area contributed by atoms with E-state index in [4.69, 9.17) is 16.3 Å². The van der Waals surface area contributed by atoms with Crippen molar-refractivity contribution in [2.45, 2.75) is 44.8 Å². The van der Waals surface area contributed by atoms with E-state index >= 15 is 0 Å². The first-order valence-electron chi connectivity index (χ1n) is 10.0. The molecule has 0 saturated heterocycles. The topological polar surface area (TPSA) is 72.8 Å². The molecule has 0 spiro atoms. The second-order valence-corrected chi connectivity index (χ2v) is 8.66. The molecule has 0 radical (unpaired) electrons. The number of nitrogens with one attached hydrogen (secondary N) is 1. The van der Waals surface area contributed by atoms with Gasteiger partial charge in [-0.25, -0.2) is 0 Å². The van der Waals surface area contributed by atoms with E-state index in [2.05, 4.69) is 15.2 Å². The number of ether oxygens (including phenoxy) is 1. The van der Waals surface area contributed by atoms with Gasteiger partial charge in [0.1, 0.15) is 12.4 Å². The first kappa shape index (κ1) is 21.5. The summed E-state index contributed by atoms with van der Waals surface area (Å²) in [6.07, 6.45) is 0. The Kier molecular flexibility index (Phi) is 6.34. The lowest BCUT2D eigenvalue weighted by atomic mass is 10.1. The number of aryl methyl sites for hydroxylation is 2. The molecule has 160 valence electrons. The summed E-state index contributed by atoms with van der Waals surface area (Å²) >= 11 is 7.69. The molecule has 4 rings (SSSR count). The van der Waals surface area contributed by atoms with Crippen LogP contribution in [0.1, 0.15) is 29.6 Å². The standard InChI is InChI=1S/C23H23ClN4O2S/c1-4-28-21(12-30-20-8-6-5-7-17(20)24)26-27-23(28)31-13-16-11-19(29)22-15(3)9-14(2)10-18(22)25-16/h5-11H,4,12-13H2,1-3H3,(H,25,29). The maximum atomic E-state index is 12.6. The number of pyridine rings is 1. The lowest BCUT2D eigenvalue weighted by Crippen LogP contribution is -2.08. The van der Waals surface area contributed by atoms with Gasteiger partial charge in [-0.05, 0) is 50.1 Å². The minimum atomic E-state index is 0.0348. The van der Waals surface area contributed by atoms with Crippen molar-refractivity contribution in [3.05, 3.63) is 80.4 Å². The molecule has 0 aliphatic rings. The number of thioether (sulfide) groups is 1. The average molecular weight is 455 g/mol. The van der Waals surface area contributed by atoms with E-state index in [1.807, 2.05) is 55.7 Å². The van der Waals surface area contributed by atoms with E-state index in [-0.39, 0.29) is 12.0 Å². The van der Waals surface area contributed by atoms with E-state index in [1.54, 1.807) is 12.1 Å². The normalized spacial score (nSPS) is 11.2. The van der Waals surface area contributed by atoms with Crippen molar-refractivity contribution in [1.29, 1.82) is 0 Å². The molecule has 2 aromatic heterocycles. The smallest absolute Gasteiger partial charge is 0.191 e. The molecule has 0 bridgehead atoms.